The average molecular weight is 216 g/mol. The van der Waals surface area contributed by atoms with Crippen LogP contribution in [0.1, 0.15) is 15.9 Å². The summed E-state index contributed by atoms with van der Waals surface area (Å²) in [6.45, 7) is 0.439. The van der Waals surface area contributed by atoms with Crippen LogP contribution in [0.25, 0.3) is 0 Å². The van der Waals surface area contributed by atoms with Gasteiger partial charge in [0.1, 0.15) is 6.61 Å². The molecule has 0 N–H and O–H groups in total. The molecule has 5 heteroatoms. The van der Waals surface area contributed by atoms with Crippen molar-refractivity contribution < 1.29 is 14.3 Å². The Morgan fingerprint density at radius 3 is 2.56 bits per heavy atom. The Balaban J connectivity index is 0.000000138. The molecule has 0 saturated heterocycles. The van der Waals surface area contributed by atoms with E-state index in [2.05, 4.69) is 10.2 Å². The first-order chi connectivity index (χ1) is 7.77. The smallest absolute Gasteiger partial charge is 0.338 e. The minimum absolute atomic E-state index is 0.199. The van der Waals surface area contributed by atoms with Gasteiger partial charge in [0.15, 0.2) is 0 Å². The number of carbonyl (C=O) groups excluding carboxylic acids is 2. The highest BCUT2D eigenvalue weighted by molar-refractivity contribution is 5.93. The highest BCUT2D eigenvalue weighted by Crippen LogP contribution is 2.17. The van der Waals surface area contributed by atoms with Crippen LogP contribution in [0.4, 0.5) is 0 Å². The molecule has 2 aliphatic rings. The average Bonchev–Trinajstić information content (AvgIpc) is 2.91. The van der Waals surface area contributed by atoms with Crippen LogP contribution in [-0.4, -0.2) is 11.9 Å². The summed E-state index contributed by atoms with van der Waals surface area (Å²) in [4.78, 5) is 20.7. The van der Waals surface area contributed by atoms with Gasteiger partial charge in [-0.1, -0.05) is 18.2 Å². The summed E-state index contributed by atoms with van der Waals surface area (Å²) in [5.74, 6) is -0.467. The maximum atomic E-state index is 10.8. The number of hydrogen-bond acceptors (Lipinski definition) is 4. The number of nitrogens with zero attached hydrogens (tertiary/aromatic N) is 2. The number of carbonyl (C=O) groups is 2. The normalized spacial score (nSPS) is 15.5. The third-order valence-corrected chi connectivity index (χ3v) is 2.04. The fourth-order valence-electron chi connectivity index (χ4n) is 1.29. The van der Waals surface area contributed by atoms with Crippen molar-refractivity contribution >= 4 is 11.9 Å². The second-order valence-corrected chi connectivity index (χ2v) is 3.10. The molecule has 1 amide bonds. The number of esters is 1. The predicted octanol–water partition coefficient (Wildman–Crippen LogP) is 1.85. The lowest BCUT2D eigenvalue weighted by Gasteiger charge is -1.87. The zero-order valence-electron chi connectivity index (χ0n) is 8.29. The number of fused-ring (bicyclic) bond motifs is 1. The molecule has 0 fully saturated rings. The summed E-state index contributed by atoms with van der Waals surface area (Å²) < 4.78 is 4.78. The van der Waals surface area contributed by atoms with E-state index in [4.69, 9.17) is 4.74 Å². The van der Waals surface area contributed by atoms with Crippen LogP contribution in [-0.2, 0) is 16.1 Å². The SMILES string of the molecule is O=C1C=CN=N1.O=C1OCc2ccccc21. The summed E-state index contributed by atoms with van der Waals surface area (Å²) in [5, 5.41) is 6.37. The van der Waals surface area contributed by atoms with E-state index in [0.29, 0.717) is 12.2 Å². The van der Waals surface area contributed by atoms with Crippen molar-refractivity contribution in [2.24, 2.45) is 10.2 Å². The monoisotopic (exact) mass is 216 g/mol. The highest BCUT2D eigenvalue weighted by Gasteiger charge is 2.18. The van der Waals surface area contributed by atoms with Gasteiger partial charge in [-0.15, -0.1) is 5.11 Å². The van der Waals surface area contributed by atoms with Crippen molar-refractivity contribution in [2.75, 3.05) is 0 Å². The van der Waals surface area contributed by atoms with E-state index in [0.717, 1.165) is 5.56 Å². The zero-order valence-corrected chi connectivity index (χ0v) is 8.29. The summed E-state index contributed by atoms with van der Waals surface area (Å²) in [5.41, 5.74) is 1.70. The van der Waals surface area contributed by atoms with E-state index in [1.807, 2.05) is 18.2 Å². The van der Waals surface area contributed by atoms with E-state index in [1.54, 1.807) is 6.07 Å². The van der Waals surface area contributed by atoms with Gasteiger partial charge < -0.3 is 4.74 Å². The van der Waals surface area contributed by atoms with Gasteiger partial charge in [0, 0.05) is 11.6 Å². The molecule has 1 aromatic rings. The maximum absolute atomic E-state index is 10.8. The van der Waals surface area contributed by atoms with Crippen molar-refractivity contribution in [2.45, 2.75) is 6.61 Å². The van der Waals surface area contributed by atoms with E-state index in [9.17, 15) is 9.59 Å². The molecule has 0 saturated carbocycles. The van der Waals surface area contributed by atoms with Crippen LogP contribution >= 0.6 is 0 Å². The molecular weight excluding hydrogens is 208 g/mol. The Kier molecular flexibility index (Phi) is 2.86. The van der Waals surface area contributed by atoms with Crippen LogP contribution < -0.4 is 0 Å². The molecule has 0 spiro atoms. The Hall–Kier alpha value is -2.30. The number of cyclic esters (lactones) is 1. The summed E-state index contributed by atoms with van der Waals surface area (Å²) >= 11 is 0. The fourth-order valence-corrected chi connectivity index (χ4v) is 1.29. The number of rotatable bonds is 0. The first-order valence-electron chi connectivity index (χ1n) is 4.64. The van der Waals surface area contributed by atoms with Gasteiger partial charge in [-0.3, -0.25) is 4.79 Å². The molecule has 16 heavy (non-hydrogen) atoms. The molecule has 80 valence electrons. The van der Waals surface area contributed by atoms with Crippen molar-refractivity contribution in [3.63, 3.8) is 0 Å². The summed E-state index contributed by atoms with van der Waals surface area (Å²) in [7, 11) is 0. The zero-order chi connectivity index (χ0) is 11.4. The minimum Gasteiger partial charge on any atom is -0.457 e. The Labute approximate surface area is 91.4 Å². The molecule has 0 unspecified atom stereocenters. The molecule has 3 rings (SSSR count). The Morgan fingerprint density at radius 2 is 2.00 bits per heavy atom. The molecule has 0 aromatic heterocycles. The van der Waals surface area contributed by atoms with Gasteiger partial charge in [-0.2, -0.15) is 5.11 Å². The van der Waals surface area contributed by atoms with Crippen LogP contribution in [0.2, 0.25) is 0 Å². The molecule has 2 aliphatic heterocycles. The molecule has 2 heterocycles. The van der Waals surface area contributed by atoms with Crippen molar-refractivity contribution in [3.8, 4) is 0 Å². The van der Waals surface area contributed by atoms with Gasteiger partial charge in [0.25, 0.3) is 5.91 Å². The minimum atomic E-state index is -0.269. The quantitative estimate of drug-likeness (QED) is 0.621. The van der Waals surface area contributed by atoms with Crippen LogP contribution in [0.15, 0.2) is 46.8 Å². The second-order valence-electron chi connectivity index (χ2n) is 3.10. The molecule has 0 radical (unpaired) electrons. The molecule has 0 aliphatic carbocycles. The van der Waals surface area contributed by atoms with E-state index >= 15 is 0 Å². The lowest BCUT2D eigenvalue weighted by atomic mass is 10.1. The third kappa shape index (κ3) is 2.20. The lowest BCUT2D eigenvalue weighted by molar-refractivity contribution is -0.113. The van der Waals surface area contributed by atoms with Crippen molar-refractivity contribution in [1.29, 1.82) is 0 Å². The maximum Gasteiger partial charge on any atom is 0.338 e. The van der Waals surface area contributed by atoms with Gasteiger partial charge >= 0.3 is 5.97 Å². The summed E-state index contributed by atoms with van der Waals surface area (Å²) in [6.07, 6.45) is 2.67. The molecule has 5 nitrogen and oxygen atoms in total. The second kappa shape index (κ2) is 4.48. The number of azo groups is 1. The van der Waals surface area contributed by atoms with Crippen LogP contribution in [0, 0.1) is 0 Å². The number of amides is 1. The van der Waals surface area contributed by atoms with Crippen LogP contribution in [0.3, 0.4) is 0 Å². The van der Waals surface area contributed by atoms with E-state index in [1.165, 1.54) is 12.3 Å². The summed E-state index contributed by atoms with van der Waals surface area (Å²) in [6, 6.07) is 7.43. The lowest BCUT2D eigenvalue weighted by Crippen LogP contribution is -1.91. The standard InChI is InChI=1S/C8H6O2.C3H2N2O/c9-8-7-4-2-1-3-6(7)5-10-8;6-3-1-2-4-5-3/h1-4H,5H2;1-2H. The molecular formula is C11H8N2O3. The van der Waals surface area contributed by atoms with Gasteiger partial charge in [-0.25, -0.2) is 4.79 Å². The Morgan fingerprint density at radius 1 is 1.19 bits per heavy atom. The first kappa shape index (κ1) is 10.2. The number of benzene rings is 1. The van der Waals surface area contributed by atoms with E-state index < -0.39 is 0 Å². The highest BCUT2D eigenvalue weighted by atomic mass is 16.5. The fraction of sp³-hybridized carbons (Fsp3) is 0.0909. The predicted molar refractivity (Wildman–Crippen MR) is 54.6 cm³/mol. The van der Waals surface area contributed by atoms with Gasteiger partial charge in [-0.05, 0) is 6.07 Å². The topological polar surface area (TPSA) is 68.1 Å². The van der Waals surface area contributed by atoms with Gasteiger partial charge in [0.2, 0.25) is 0 Å². The van der Waals surface area contributed by atoms with Crippen molar-refractivity contribution in [3.05, 3.63) is 47.7 Å². The first-order valence-corrected chi connectivity index (χ1v) is 4.64. The number of ether oxygens (including phenoxy) is 1. The van der Waals surface area contributed by atoms with E-state index in [-0.39, 0.29) is 11.9 Å². The van der Waals surface area contributed by atoms with Gasteiger partial charge in [0.05, 0.1) is 11.8 Å². The van der Waals surface area contributed by atoms with Crippen LogP contribution in [0.5, 0.6) is 0 Å². The van der Waals surface area contributed by atoms with Crippen molar-refractivity contribution in [1.82, 2.24) is 0 Å². The number of hydrogen-bond donors (Lipinski definition) is 0. The third-order valence-electron chi connectivity index (χ3n) is 2.04. The Bertz CT molecular complexity index is 478. The molecule has 0 atom stereocenters. The molecule has 1 aromatic carbocycles. The molecule has 0 bridgehead atoms. The largest absolute Gasteiger partial charge is 0.457 e.